The fourth-order valence-corrected chi connectivity index (χ4v) is 2.29. The van der Waals surface area contributed by atoms with Gasteiger partial charge in [-0.25, -0.2) is 0 Å². The molecule has 1 heterocycles. The minimum absolute atomic E-state index is 0.0413. The topological polar surface area (TPSA) is 82.1 Å². The van der Waals surface area contributed by atoms with E-state index < -0.39 is 4.92 Å². The van der Waals surface area contributed by atoms with Crippen molar-refractivity contribution in [3.05, 3.63) is 62.6 Å². The van der Waals surface area contributed by atoms with E-state index in [0.717, 1.165) is 0 Å². The highest BCUT2D eigenvalue weighted by molar-refractivity contribution is 6.33. The van der Waals surface area contributed by atoms with Crippen LogP contribution in [-0.2, 0) is 0 Å². The molecule has 0 atom stereocenters. The molecule has 1 aromatic heterocycles. The SMILES string of the molecule is O=[N+]([O-])c1cc(-c2nc(-c3ccccc3Cl)no2)ccc1Cl. The minimum Gasteiger partial charge on any atom is -0.334 e. The second-order valence-electron chi connectivity index (χ2n) is 4.33. The van der Waals surface area contributed by atoms with Gasteiger partial charge in [0.1, 0.15) is 5.02 Å². The molecule has 0 spiro atoms. The maximum absolute atomic E-state index is 10.9. The molecule has 0 unspecified atom stereocenters. The van der Waals surface area contributed by atoms with Gasteiger partial charge in [-0.05, 0) is 24.3 Å². The van der Waals surface area contributed by atoms with E-state index in [0.29, 0.717) is 22.0 Å². The van der Waals surface area contributed by atoms with Gasteiger partial charge in [0.25, 0.3) is 11.6 Å². The number of benzene rings is 2. The van der Waals surface area contributed by atoms with Gasteiger partial charge in [0.15, 0.2) is 0 Å². The van der Waals surface area contributed by atoms with E-state index in [1.807, 2.05) is 0 Å². The molecule has 0 radical (unpaired) electrons. The van der Waals surface area contributed by atoms with Crippen LogP contribution < -0.4 is 0 Å². The van der Waals surface area contributed by atoms with E-state index >= 15 is 0 Å². The molecule has 8 heteroatoms. The van der Waals surface area contributed by atoms with Crippen molar-refractivity contribution >= 4 is 28.9 Å². The lowest BCUT2D eigenvalue weighted by molar-refractivity contribution is -0.384. The predicted octanol–water partition coefficient (Wildman–Crippen LogP) is 4.62. The first-order chi connectivity index (χ1) is 10.6. The van der Waals surface area contributed by atoms with Gasteiger partial charge >= 0.3 is 0 Å². The van der Waals surface area contributed by atoms with Crippen LogP contribution in [0.2, 0.25) is 10.0 Å². The average molecular weight is 336 g/mol. The highest BCUT2D eigenvalue weighted by atomic mass is 35.5. The molecule has 0 amide bonds. The average Bonchev–Trinajstić information content (AvgIpc) is 2.97. The van der Waals surface area contributed by atoms with E-state index in [-0.39, 0.29) is 16.6 Å². The van der Waals surface area contributed by atoms with Crippen LogP contribution in [0.25, 0.3) is 22.8 Å². The first-order valence-electron chi connectivity index (χ1n) is 6.09. The fraction of sp³-hybridized carbons (Fsp3) is 0. The summed E-state index contributed by atoms with van der Waals surface area (Å²) in [6.45, 7) is 0. The Bertz CT molecular complexity index is 864. The summed E-state index contributed by atoms with van der Waals surface area (Å²) < 4.78 is 5.15. The van der Waals surface area contributed by atoms with Gasteiger partial charge in [-0.2, -0.15) is 4.98 Å². The van der Waals surface area contributed by atoms with Crippen LogP contribution in [0.1, 0.15) is 0 Å². The fourth-order valence-electron chi connectivity index (χ4n) is 1.88. The first kappa shape index (κ1) is 14.5. The lowest BCUT2D eigenvalue weighted by atomic mass is 10.2. The molecule has 0 saturated carbocycles. The summed E-state index contributed by atoms with van der Waals surface area (Å²) in [4.78, 5) is 14.6. The third-order valence-corrected chi connectivity index (χ3v) is 3.58. The number of nitro benzene ring substituents is 1. The van der Waals surface area contributed by atoms with Crippen LogP contribution in [0.5, 0.6) is 0 Å². The monoisotopic (exact) mass is 335 g/mol. The molecule has 3 rings (SSSR count). The first-order valence-corrected chi connectivity index (χ1v) is 6.85. The molecule has 6 nitrogen and oxygen atoms in total. The van der Waals surface area contributed by atoms with Gasteiger partial charge < -0.3 is 4.52 Å². The van der Waals surface area contributed by atoms with E-state index in [9.17, 15) is 10.1 Å². The Morgan fingerprint density at radius 1 is 1.09 bits per heavy atom. The molecule has 0 aliphatic rings. The van der Waals surface area contributed by atoms with Crippen LogP contribution in [0.4, 0.5) is 5.69 Å². The van der Waals surface area contributed by atoms with Crippen LogP contribution in [0, 0.1) is 10.1 Å². The Labute approximate surface area is 134 Å². The number of halogens is 2. The van der Waals surface area contributed by atoms with Crippen LogP contribution in [-0.4, -0.2) is 15.1 Å². The van der Waals surface area contributed by atoms with E-state index in [2.05, 4.69) is 10.1 Å². The van der Waals surface area contributed by atoms with Crippen molar-refractivity contribution in [2.24, 2.45) is 0 Å². The smallest absolute Gasteiger partial charge is 0.288 e. The van der Waals surface area contributed by atoms with E-state index in [4.69, 9.17) is 27.7 Å². The van der Waals surface area contributed by atoms with E-state index in [1.165, 1.54) is 12.1 Å². The molecular weight excluding hydrogens is 329 g/mol. The van der Waals surface area contributed by atoms with Crippen LogP contribution >= 0.6 is 23.2 Å². The summed E-state index contributed by atoms with van der Waals surface area (Å²) in [6.07, 6.45) is 0. The normalized spacial score (nSPS) is 10.6. The van der Waals surface area contributed by atoms with Gasteiger partial charge in [0, 0.05) is 17.2 Å². The standard InChI is InChI=1S/C14H7Cl2N3O3/c15-10-4-2-1-3-9(10)13-17-14(22-18-13)8-5-6-11(16)12(7-8)19(20)21/h1-7H. The Balaban J connectivity index is 2.03. The van der Waals surface area contributed by atoms with E-state index in [1.54, 1.807) is 30.3 Å². The molecule has 0 aliphatic heterocycles. The summed E-state index contributed by atoms with van der Waals surface area (Å²) in [5.74, 6) is 0.452. The summed E-state index contributed by atoms with van der Waals surface area (Å²) in [7, 11) is 0. The maximum Gasteiger partial charge on any atom is 0.288 e. The Kier molecular flexibility index (Phi) is 3.79. The third kappa shape index (κ3) is 2.66. The second-order valence-corrected chi connectivity index (χ2v) is 5.14. The second kappa shape index (κ2) is 5.75. The molecule has 110 valence electrons. The minimum atomic E-state index is -0.572. The zero-order valence-electron chi connectivity index (χ0n) is 10.9. The number of hydrogen-bond acceptors (Lipinski definition) is 5. The highest BCUT2D eigenvalue weighted by Crippen LogP contribution is 2.31. The van der Waals surface area contributed by atoms with Gasteiger partial charge in [-0.1, -0.05) is 40.5 Å². The van der Waals surface area contributed by atoms with Crippen molar-refractivity contribution in [1.82, 2.24) is 10.1 Å². The number of nitro groups is 1. The predicted molar refractivity (Wildman–Crippen MR) is 81.8 cm³/mol. The highest BCUT2D eigenvalue weighted by Gasteiger charge is 2.18. The van der Waals surface area contributed by atoms with Gasteiger partial charge in [0.2, 0.25) is 5.82 Å². The molecule has 0 N–H and O–H groups in total. The molecule has 2 aromatic carbocycles. The largest absolute Gasteiger partial charge is 0.334 e. The lowest BCUT2D eigenvalue weighted by Gasteiger charge is -1.97. The van der Waals surface area contributed by atoms with Gasteiger partial charge in [-0.15, -0.1) is 0 Å². The molecule has 3 aromatic rings. The van der Waals surface area contributed by atoms with Crippen molar-refractivity contribution in [3.63, 3.8) is 0 Å². The number of aromatic nitrogens is 2. The van der Waals surface area contributed by atoms with Crippen molar-refractivity contribution in [2.75, 3.05) is 0 Å². The van der Waals surface area contributed by atoms with Crippen molar-refractivity contribution < 1.29 is 9.45 Å². The summed E-state index contributed by atoms with van der Waals surface area (Å²) in [6, 6.07) is 11.3. The third-order valence-electron chi connectivity index (χ3n) is 2.93. The number of nitrogens with zero attached hydrogens (tertiary/aromatic N) is 3. The molecule has 0 saturated heterocycles. The quantitative estimate of drug-likeness (QED) is 0.515. The van der Waals surface area contributed by atoms with Crippen LogP contribution in [0.15, 0.2) is 47.0 Å². The molecule has 0 bridgehead atoms. The van der Waals surface area contributed by atoms with Gasteiger partial charge in [-0.3, -0.25) is 10.1 Å². The van der Waals surface area contributed by atoms with Crippen molar-refractivity contribution in [3.8, 4) is 22.8 Å². The Morgan fingerprint density at radius 3 is 2.59 bits per heavy atom. The van der Waals surface area contributed by atoms with Crippen molar-refractivity contribution in [1.29, 1.82) is 0 Å². The zero-order valence-corrected chi connectivity index (χ0v) is 12.4. The number of rotatable bonds is 3. The molecule has 0 fully saturated rings. The lowest BCUT2D eigenvalue weighted by Crippen LogP contribution is -1.90. The Hall–Kier alpha value is -2.44. The molecular formula is C14H7Cl2N3O3. The zero-order chi connectivity index (χ0) is 15.7. The summed E-state index contributed by atoms with van der Waals surface area (Å²) >= 11 is 11.8. The molecule has 22 heavy (non-hydrogen) atoms. The molecule has 0 aliphatic carbocycles. The summed E-state index contributed by atoms with van der Waals surface area (Å²) in [5, 5.41) is 15.3. The van der Waals surface area contributed by atoms with Crippen LogP contribution in [0.3, 0.4) is 0 Å². The number of hydrogen-bond donors (Lipinski definition) is 0. The van der Waals surface area contributed by atoms with Crippen molar-refractivity contribution in [2.45, 2.75) is 0 Å². The summed E-state index contributed by atoms with van der Waals surface area (Å²) in [5.41, 5.74) is 0.793. The van der Waals surface area contributed by atoms with Gasteiger partial charge in [0.05, 0.1) is 9.95 Å². The Morgan fingerprint density at radius 2 is 1.86 bits per heavy atom. The maximum atomic E-state index is 10.9.